The van der Waals surface area contributed by atoms with E-state index >= 15 is 0 Å². The first-order chi connectivity index (χ1) is 7.06. The summed E-state index contributed by atoms with van der Waals surface area (Å²) in [7, 11) is 0. The Labute approximate surface area is 87.3 Å². The van der Waals surface area contributed by atoms with Crippen LogP contribution in [0.15, 0.2) is 18.2 Å². The SMILES string of the molecule is CCNC(c1cc(F)ccc1C)C(F)F. The molecule has 1 nitrogen and oxygen atoms in total. The molecule has 0 saturated carbocycles. The minimum absolute atomic E-state index is 0.326. The molecule has 0 aromatic heterocycles. The van der Waals surface area contributed by atoms with Crippen molar-refractivity contribution in [3.63, 3.8) is 0 Å². The molecule has 0 aliphatic rings. The summed E-state index contributed by atoms with van der Waals surface area (Å²) in [6.07, 6.45) is -2.54. The van der Waals surface area contributed by atoms with Crippen molar-refractivity contribution in [3.8, 4) is 0 Å². The van der Waals surface area contributed by atoms with Crippen molar-refractivity contribution >= 4 is 0 Å². The van der Waals surface area contributed by atoms with E-state index in [1.165, 1.54) is 12.1 Å². The number of aryl methyl sites for hydroxylation is 1. The van der Waals surface area contributed by atoms with Crippen molar-refractivity contribution in [2.24, 2.45) is 0 Å². The molecule has 4 heteroatoms. The van der Waals surface area contributed by atoms with Gasteiger partial charge in [-0.2, -0.15) is 0 Å². The summed E-state index contributed by atoms with van der Waals surface area (Å²) in [5.74, 6) is -0.487. The van der Waals surface area contributed by atoms with E-state index in [0.717, 1.165) is 6.07 Å². The number of nitrogens with one attached hydrogen (secondary N) is 1. The summed E-state index contributed by atoms with van der Waals surface area (Å²) in [6.45, 7) is 3.86. The van der Waals surface area contributed by atoms with Crippen molar-refractivity contribution in [2.45, 2.75) is 26.3 Å². The van der Waals surface area contributed by atoms with Gasteiger partial charge >= 0.3 is 0 Å². The second-order valence-corrected chi connectivity index (χ2v) is 3.37. The van der Waals surface area contributed by atoms with E-state index < -0.39 is 18.3 Å². The molecule has 1 atom stereocenters. The summed E-state index contributed by atoms with van der Waals surface area (Å²) >= 11 is 0. The smallest absolute Gasteiger partial charge is 0.257 e. The topological polar surface area (TPSA) is 12.0 Å². The Morgan fingerprint density at radius 3 is 2.53 bits per heavy atom. The lowest BCUT2D eigenvalue weighted by Crippen LogP contribution is -2.27. The number of rotatable bonds is 4. The molecule has 0 aliphatic heterocycles. The van der Waals surface area contributed by atoms with Crippen LogP contribution < -0.4 is 5.32 Å². The molecular weight excluding hydrogens is 203 g/mol. The van der Waals surface area contributed by atoms with Crippen LogP contribution in [0.2, 0.25) is 0 Å². The highest BCUT2D eigenvalue weighted by Crippen LogP contribution is 2.24. The third-order valence-corrected chi connectivity index (χ3v) is 2.25. The van der Waals surface area contributed by atoms with Gasteiger partial charge in [0.15, 0.2) is 0 Å². The molecule has 0 radical (unpaired) electrons. The molecular formula is C11H14F3N. The van der Waals surface area contributed by atoms with Gasteiger partial charge in [0.25, 0.3) is 6.43 Å². The van der Waals surface area contributed by atoms with Gasteiger partial charge in [0.1, 0.15) is 5.82 Å². The zero-order valence-electron chi connectivity index (χ0n) is 8.73. The third-order valence-electron chi connectivity index (χ3n) is 2.25. The van der Waals surface area contributed by atoms with Gasteiger partial charge in [-0.3, -0.25) is 0 Å². The molecule has 0 bridgehead atoms. The standard InChI is InChI=1S/C11H14F3N/c1-3-15-10(11(13)14)9-6-8(12)5-4-7(9)2/h4-6,10-11,15H,3H2,1-2H3. The molecule has 0 aliphatic carbocycles. The lowest BCUT2D eigenvalue weighted by Gasteiger charge is -2.19. The predicted octanol–water partition coefficient (Wildman–Crippen LogP) is 3.05. The fourth-order valence-corrected chi connectivity index (χ4v) is 1.50. The molecule has 0 fully saturated rings. The minimum Gasteiger partial charge on any atom is -0.305 e. The fourth-order valence-electron chi connectivity index (χ4n) is 1.50. The Morgan fingerprint density at radius 1 is 1.33 bits per heavy atom. The lowest BCUT2D eigenvalue weighted by atomic mass is 10.0. The quantitative estimate of drug-likeness (QED) is 0.817. The van der Waals surface area contributed by atoms with E-state index in [9.17, 15) is 13.2 Å². The van der Waals surface area contributed by atoms with Crippen LogP contribution in [0.4, 0.5) is 13.2 Å². The second-order valence-electron chi connectivity index (χ2n) is 3.37. The fraction of sp³-hybridized carbons (Fsp3) is 0.455. The normalized spacial score (nSPS) is 13.2. The highest BCUT2D eigenvalue weighted by atomic mass is 19.3. The maximum Gasteiger partial charge on any atom is 0.257 e. The maximum atomic E-state index is 12.9. The summed E-state index contributed by atoms with van der Waals surface area (Å²) < 4.78 is 38.3. The first kappa shape index (κ1) is 12.0. The van der Waals surface area contributed by atoms with Crippen LogP contribution >= 0.6 is 0 Å². The van der Waals surface area contributed by atoms with Crippen molar-refractivity contribution in [2.75, 3.05) is 6.54 Å². The van der Waals surface area contributed by atoms with E-state index in [0.29, 0.717) is 17.7 Å². The Kier molecular flexibility index (Phi) is 4.15. The molecule has 84 valence electrons. The predicted molar refractivity (Wildman–Crippen MR) is 53.6 cm³/mol. The van der Waals surface area contributed by atoms with E-state index in [1.807, 2.05) is 0 Å². The van der Waals surface area contributed by atoms with Crippen LogP contribution in [0, 0.1) is 12.7 Å². The average Bonchev–Trinajstić information content (AvgIpc) is 2.18. The molecule has 0 amide bonds. The first-order valence-corrected chi connectivity index (χ1v) is 4.83. The molecule has 1 rings (SSSR count). The van der Waals surface area contributed by atoms with Crippen LogP contribution in [0.25, 0.3) is 0 Å². The van der Waals surface area contributed by atoms with Crippen molar-refractivity contribution < 1.29 is 13.2 Å². The summed E-state index contributed by atoms with van der Waals surface area (Å²) in [4.78, 5) is 0. The van der Waals surface area contributed by atoms with Crippen LogP contribution in [0.5, 0.6) is 0 Å². The zero-order chi connectivity index (χ0) is 11.4. The van der Waals surface area contributed by atoms with Gasteiger partial charge in [-0.1, -0.05) is 13.0 Å². The average molecular weight is 217 g/mol. The number of hydrogen-bond donors (Lipinski definition) is 1. The van der Waals surface area contributed by atoms with E-state index in [1.54, 1.807) is 13.8 Å². The van der Waals surface area contributed by atoms with Crippen molar-refractivity contribution in [3.05, 3.63) is 35.1 Å². The summed E-state index contributed by atoms with van der Waals surface area (Å²) in [5.41, 5.74) is 0.995. The van der Waals surface area contributed by atoms with Crippen LogP contribution in [-0.4, -0.2) is 13.0 Å². The van der Waals surface area contributed by atoms with Gasteiger partial charge in [0, 0.05) is 0 Å². The van der Waals surface area contributed by atoms with Crippen LogP contribution in [-0.2, 0) is 0 Å². The summed E-state index contributed by atoms with van der Waals surface area (Å²) in [6, 6.07) is 2.85. The van der Waals surface area contributed by atoms with E-state index in [-0.39, 0.29) is 0 Å². The van der Waals surface area contributed by atoms with Crippen LogP contribution in [0.1, 0.15) is 24.1 Å². The number of benzene rings is 1. The van der Waals surface area contributed by atoms with Gasteiger partial charge in [0.2, 0.25) is 0 Å². The highest BCUT2D eigenvalue weighted by Gasteiger charge is 2.23. The van der Waals surface area contributed by atoms with Crippen LogP contribution in [0.3, 0.4) is 0 Å². The number of hydrogen-bond acceptors (Lipinski definition) is 1. The van der Waals surface area contributed by atoms with E-state index in [2.05, 4.69) is 5.32 Å². The highest BCUT2D eigenvalue weighted by molar-refractivity contribution is 5.30. The first-order valence-electron chi connectivity index (χ1n) is 4.83. The Hall–Kier alpha value is -1.03. The Balaban J connectivity index is 3.04. The Morgan fingerprint density at radius 2 is 2.00 bits per heavy atom. The Bertz CT molecular complexity index is 326. The molecule has 0 saturated heterocycles. The third kappa shape index (κ3) is 2.96. The van der Waals surface area contributed by atoms with Gasteiger partial charge in [-0.05, 0) is 36.7 Å². The van der Waals surface area contributed by atoms with Crippen molar-refractivity contribution in [1.82, 2.24) is 5.32 Å². The molecule has 0 heterocycles. The monoisotopic (exact) mass is 217 g/mol. The molecule has 0 spiro atoms. The zero-order valence-corrected chi connectivity index (χ0v) is 8.73. The molecule has 15 heavy (non-hydrogen) atoms. The van der Waals surface area contributed by atoms with Gasteiger partial charge in [0.05, 0.1) is 6.04 Å². The largest absolute Gasteiger partial charge is 0.305 e. The molecule has 1 aromatic carbocycles. The number of halogens is 3. The second kappa shape index (κ2) is 5.16. The maximum absolute atomic E-state index is 12.9. The lowest BCUT2D eigenvalue weighted by molar-refractivity contribution is 0.0989. The van der Waals surface area contributed by atoms with Gasteiger partial charge in [-0.15, -0.1) is 0 Å². The minimum atomic E-state index is -2.54. The molecule has 1 unspecified atom stereocenters. The van der Waals surface area contributed by atoms with E-state index in [4.69, 9.17) is 0 Å². The van der Waals surface area contributed by atoms with Gasteiger partial charge < -0.3 is 5.32 Å². The van der Waals surface area contributed by atoms with Gasteiger partial charge in [-0.25, -0.2) is 13.2 Å². The summed E-state index contributed by atoms with van der Waals surface area (Å²) in [5, 5.41) is 2.65. The molecule has 1 aromatic rings. The molecule has 1 N–H and O–H groups in total. The van der Waals surface area contributed by atoms with Crippen molar-refractivity contribution in [1.29, 1.82) is 0 Å². The number of alkyl halides is 2.